The SMILES string of the molecule is CN1CCC(O)(c2cc(Cl)cc(Cl)c2)CC1. The predicted molar refractivity (Wildman–Crippen MR) is 67.1 cm³/mol. The van der Waals surface area contributed by atoms with Gasteiger partial charge in [-0.15, -0.1) is 0 Å². The Morgan fingerprint density at radius 3 is 2.12 bits per heavy atom. The molecule has 4 heteroatoms. The minimum atomic E-state index is -0.777. The van der Waals surface area contributed by atoms with Gasteiger partial charge in [0.25, 0.3) is 0 Å². The van der Waals surface area contributed by atoms with E-state index in [0.717, 1.165) is 31.5 Å². The molecule has 16 heavy (non-hydrogen) atoms. The number of nitrogens with zero attached hydrogens (tertiary/aromatic N) is 1. The molecule has 0 amide bonds. The maximum atomic E-state index is 10.6. The van der Waals surface area contributed by atoms with Gasteiger partial charge in [-0.25, -0.2) is 0 Å². The van der Waals surface area contributed by atoms with Crippen molar-refractivity contribution in [3.8, 4) is 0 Å². The van der Waals surface area contributed by atoms with Crippen LogP contribution >= 0.6 is 23.2 Å². The summed E-state index contributed by atoms with van der Waals surface area (Å²) in [5.41, 5.74) is 0.0548. The van der Waals surface area contributed by atoms with E-state index < -0.39 is 5.60 Å². The lowest BCUT2D eigenvalue weighted by molar-refractivity contribution is -0.0203. The lowest BCUT2D eigenvalue weighted by Gasteiger charge is -2.37. The molecule has 1 aliphatic rings. The molecule has 2 rings (SSSR count). The second-order valence-corrected chi connectivity index (χ2v) is 5.37. The van der Waals surface area contributed by atoms with Gasteiger partial charge in [0.2, 0.25) is 0 Å². The van der Waals surface area contributed by atoms with Crippen LogP contribution in [0.15, 0.2) is 18.2 Å². The van der Waals surface area contributed by atoms with E-state index in [4.69, 9.17) is 23.2 Å². The van der Waals surface area contributed by atoms with Gasteiger partial charge in [0.1, 0.15) is 0 Å². The van der Waals surface area contributed by atoms with Crippen LogP contribution in [0.2, 0.25) is 10.0 Å². The molecule has 1 N–H and O–H groups in total. The van der Waals surface area contributed by atoms with Gasteiger partial charge in [-0.2, -0.15) is 0 Å². The maximum Gasteiger partial charge on any atom is 0.0921 e. The smallest absolute Gasteiger partial charge is 0.0921 e. The van der Waals surface area contributed by atoms with Crippen LogP contribution in [-0.2, 0) is 5.60 Å². The van der Waals surface area contributed by atoms with Crippen LogP contribution in [0.1, 0.15) is 18.4 Å². The first-order valence-corrected chi connectivity index (χ1v) is 6.13. The van der Waals surface area contributed by atoms with E-state index in [9.17, 15) is 5.11 Å². The highest BCUT2D eigenvalue weighted by Crippen LogP contribution is 2.35. The molecule has 88 valence electrons. The standard InChI is InChI=1S/C12H15Cl2NO/c1-15-4-2-12(16,3-5-15)9-6-10(13)8-11(14)7-9/h6-8,16H,2-5H2,1H3. The Morgan fingerprint density at radius 1 is 1.12 bits per heavy atom. The third-order valence-corrected chi connectivity index (χ3v) is 3.65. The van der Waals surface area contributed by atoms with Crippen LogP contribution in [0, 0.1) is 0 Å². The first-order chi connectivity index (χ1) is 7.49. The van der Waals surface area contributed by atoms with Crippen molar-refractivity contribution in [2.24, 2.45) is 0 Å². The van der Waals surface area contributed by atoms with E-state index in [1.165, 1.54) is 0 Å². The molecule has 0 aliphatic carbocycles. The molecule has 1 fully saturated rings. The molecule has 0 spiro atoms. The summed E-state index contributed by atoms with van der Waals surface area (Å²) in [5, 5.41) is 11.7. The van der Waals surface area contributed by atoms with Gasteiger partial charge in [0.15, 0.2) is 0 Å². The number of rotatable bonds is 1. The normalized spacial score (nSPS) is 21.0. The molecule has 0 bridgehead atoms. The van der Waals surface area contributed by atoms with Crippen molar-refractivity contribution in [1.29, 1.82) is 0 Å². The number of piperidine rings is 1. The van der Waals surface area contributed by atoms with Crippen molar-refractivity contribution >= 4 is 23.2 Å². The fraction of sp³-hybridized carbons (Fsp3) is 0.500. The monoisotopic (exact) mass is 259 g/mol. The summed E-state index contributed by atoms with van der Waals surface area (Å²) in [6, 6.07) is 5.29. The van der Waals surface area contributed by atoms with E-state index in [-0.39, 0.29) is 0 Å². The second-order valence-electron chi connectivity index (χ2n) is 4.49. The largest absolute Gasteiger partial charge is 0.385 e. The molecule has 1 aromatic carbocycles. The molecule has 0 unspecified atom stereocenters. The Hall–Kier alpha value is -0.280. The maximum absolute atomic E-state index is 10.6. The van der Waals surface area contributed by atoms with Gasteiger partial charge < -0.3 is 10.0 Å². The van der Waals surface area contributed by atoms with Crippen molar-refractivity contribution in [2.45, 2.75) is 18.4 Å². The molecular weight excluding hydrogens is 245 g/mol. The third-order valence-electron chi connectivity index (χ3n) is 3.21. The highest BCUT2D eigenvalue weighted by molar-refractivity contribution is 6.34. The average molecular weight is 260 g/mol. The van der Waals surface area contributed by atoms with Crippen LogP contribution in [0.4, 0.5) is 0 Å². The number of likely N-dealkylation sites (tertiary alicyclic amines) is 1. The second kappa shape index (κ2) is 4.53. The minimum Gasteiger partial charge on any atom is -0.385 e. The van der Waals surface area contributed by atoms with Gasteiger partial charge in [-0.05, 0) is 43.7 Å². The Kier molecular flexibility index (Phi) is 3.45. The van der Waals surface area contributed by atoms with Crippen LogP contribution in [-0.4, -0.2) is 30.1 Å². The van der Waals surface area contributed by atoms with Crippen molar-refractivity contribution in [1.82, 2.24) is 4.90 Å². The van der Waals surface area contributed by atoms with E-state index in [1.54, 1.807) is 18.2 Å². The molecule has 1 heterocycles. The van der Waals surface area contributed by atoms with Crippen LogP contribution in [0.25, 0.3) is 0 Å². The molecule has 0 saturated carbocycles. The van der Waals surface area contributed by atoms with Gasteiger partial charge in [-0.3, -0.25) is 0 Å². The Balaban J connectivity index is 2.28. The van der Waals surface area contributed by atoms with E-state index >= 15 is 0 Å². The lowest BCUT2D eigenvalue weighted by atomic mass is 9.84. The number of hydrogen-bond acceptors (Lipinski definition) is 2. The zero-order valence-electron chi connectivity index (χ0n) is 9.21. The quantitative estimate of drug-likeness (QED) is 0.839. The summed E-state index contributed by atoms with van der Waals surface area (Å²) in [5.74, 6) is 0. The first kappa shape index (κ1) is 12.2. The highest BCUT2D eigenvalue weighted by atomic mass is 35.5. The van der Waals surface area contributed by atoms with E-state index in [0.29, 0.717) is 10.0 Å². The van der Waals surface area contributed by atoms with Crippen LogP contribution < -0.4 is 0 Å². The zero-order chi connectivity index (χ0) is 11.8. The van der Waals surface area contributed by atoms with Crippen molar-refractivity contribution in [3.63, 3.8) is 0 Å². The lowest BCUT2D eigenvalue weighted by Crippen LogP contribution is -2.40. The minimum absolute atomic E-state index is 0.579. The molecule has 1 aliphatic heterocycles. The predicted octanol–water partition coefficient (Wildman–Crippen LogP) is 2.91. The van der Waals surface area contributed by atoms with Crippen molar-refractivity contribution < 1.29 is 5.11 Å². The first-order valence-electron chi connectivity index (χ1n) is 5.37. The summed E-state index contributed by atoms with van der Waals surface area (Å²) in [6.45, 7) is 1.78. The number of halogens is 2. The van der Waals surface area contributed by atoms with Crippen LogP contribution in [0.5, 0.6) is 0 Å². The summed E-state index contributed by atoms with van der Waals surface area (Å²) in [7, 11) is 2.06. The molecular formula is C12H15Cl2NO. The topological polar surface area (TPSA) is 23.5 Å². The number of hydrogen-bond donors (Lipinski definition) is 1. The fourth-order valence-electron chi connectivity index (χ4n) is 2.10. The van der Waals surface area contributed by atoms with E-state index in [1.807, 2.05) is 0 Å². The fourth-order valence-corrected chi connectivity index (χ4v) is 2.63. The van der Waals surface area contributed by atoms with Gasteiger partial charge in [-0.1, -0.05) is 23.2 Å². The average Bonchev–Trinajstić information content (AvgIpc) is 2.21. The van der Waals surface area contributed by atoms with Crippen molar-refractivity contribution in [2.75, 3.05) is 20.1 Å². The molecule has 0 aromatic heterocycles. The number of benzene rings is 1. The van der Waals surface area contributed by atoms with Gasteiger partial charge >= 0.3 is 0 Å². The van der Waals surface area contributed by atoms with E-state index in [2.05, 4.69) is 11.9 Å². The summed E-state index contributed by atoms with van der Waals surface area (Å²) >= 11 is 11.9. The Labute approximate surface area is 106 Å². The molecule has 0 atom stereocenters. The number of aliphatic hydroxyl groups is 1. The van der Waals surface area contributed by atoms with Crippen LogP contribution in [0.3, 0.4) is 0 Å². The Morgan fingerprint density at radius 2 is 1.62 bits per heavy atom. The summed E-state index contributed by atoms with van der Waals surface area (Å²) in [4.78, 5) is 2.21. The molecule has 0 radical (unpaired) electrons. The molecule has 1 saturated heterocycles. The van der Waals surface area contributed by atoms with Gasteiger partial charge in [0, 0.05) is 23.1 Å². The summed E-state index contributed by atoms with van der Waals surface area (Å²) in [6.07, 6.45) is 1.44. The molecule has 1 aromatic rings. The van der Waals surface area contributed by atoms with Gasteiger partial charge in [0.05, 0.1) is 5.60 Å². The Bertz CT molecular complexity index is 366. The molecule has 2 nitrogen and oxygen atoms in total. The van der Waals surface area contributed by atoms with Crippen molar-refractivity contribution in [3.05, 3.63) is 33.8 Å². The zero-order valence-corrected chi connectivity index (χ0v) is 10.7. The third kappa shape index (κ3) is 2.51. The highest BCUT2D eigenvalue weighted by Gasteiger charge is 2.33. The summed E-state index contributed by atoms with van der Waals surface area (Å²) < 4.78 is 0.